The molecule has 2 heterocycles. The van der Waals surface area contributed by atoms with Crippen LogP contribution in [0, 0.1) is 13.8 Å². The molecule has 0 bridgehead atoms. The number of hydrogen-bond donors (Lipinski definition) is 2. The molecule has 0 aliphatic rings. The first kappa shape index (κ1) is 16.6. The summed E-state index contributed by atoms with van der Waals surface area (Å²) in [7, 11) is 0. The topological polar surface area (TPSA) is 106 Å². The molecule has 8 nitrogen and oxygen atoms in total. The Balaban J connectivity index is 1.50. The van der Waals surface area contributed by atoms with E-state index in [1.165, 1.54) is 0 Å². The number of nitrogens with zero attached hydrogens (tertiary/aromatic N) is 4. The maximum atomic E-state index is 11.9. The van der Waals surface area contributed by atoms with E-state index in [0.717, 1.165) is 17.0 Å². The van der Waals surface area contributed by atoms with Gasteiger partial charge in [0.15, 0.2) is 0 Å². The Morgan fingerprint density at radius 1 is 1.08 bits per heavy atom. The van der Waals surface area contributed by atoms with Gasteiger partial charge in [0.2, 0.25) is 23.6 Å². The first-order valence-electron chi connectivity index (χ1n) is 7.85. The summed E-state index contributed by atoms with van der Waals surface area (Å²) < 4.78 is 5.57. The van der Waals surface area contributed by atoms with Crippen LogP contribution in [0.4, 0.5) is 5.95 Å². The number of aryl methyl sites for hydroxylation is 3. The number of nitrogens with one attached hydrogen (secondary N) is 2. The Bertz CT molecular complexity index is 842. The molecule has 3 rings (SSSR count). The molecule has 0 aliphatic heterocycles. The smallest absolute Gasteiger partial charge is 0.247 e. The summed E-state index contributed by atoms with van der Waals surface area (Å²) in [6.45, 7) is 3.73. The number of carbonyl (C=O) groups is 1. The molecule has 0 fully saturated rings. The zero-order valence-corrected chi connectivity index (χ0v) is 14.0. The highest BCUT2D eigenvalue weighted by Gasteiger charge is 2.10. The summed E-state index contributed by atoms with van der Waals surface area (Å²) in [6.07, 6.45) is 0.551. The fraction of sp³-hybridized carbons (Fsp3) is 0.235. The van der Waals surface area contributed by atoms with Crippen molar-refractivity contribution in [2.45, 2.75) is 26.7 Å². The molecule has 0 unspecified atom stereocenters. The summed E-state index contributed by atoms with van der Waals surface area (Å²) in [5.41, 5.74) is 7.76. The van der Waals surface area contributed by atoms with Gasteiger partial charge < -0.3 is 4.42 Å². The van der Waals surface area contributed by atoms with Crippen molar-refractivity contribution < 1.29 is 9.21 Å². The van der Waals surface area contributed by atoms with E-state index < -0.39 is 0 Å². The van der Waals surface area contributed by atoms with E-state index in [1.807, 2.05) is 50.2 Å². The van der Waals surface area contributed by atoms with Gasteiger partial charge in [0.1, 0.15) is 0 Å². The number of amides is 1. The quantitative estimate of drug-likeness (QED) is 0.664. The van der Waals surface area contributed by atoms with Crippen LogP contribution in [0.5, 0.6) is 0 Å². The molecule has 0 radical (unpaired) electrons. The monoisotopic (exact) mass is 338 g/mol. The molecule has 0 aliphatic carbocycles. The predicted molar refractivity (Wildman–Crippen MR) is 91.3 cm³/mol. The minimum atomic E-state index is -0.220. The lowest BCUT2D eigenvalue weighted by molar-refractivity contribution is -0.120. The van der Waals surface area contributed by atoms with Crippen LogP contribution in [-0.2, 0) is 11.2 Å². The SMILES string of the molecule is Cc1cc(C)nc(NNC(=O)CCc2nnc(-c3ccccc3)o2)n1. The summed E-state index contributed by atoms with van der Waals surface area (Å²) in [5, 5.41) is 7.96. The van der Waals surface area contributed by atoms with Crippen molar-refractivity contribution in [3.63, 3.8) is 0 Å². The van der Waals surface area contributed by atoms with Crippen molar-refractivity contribution in [2.75, 3.05) is 5.43 Å². The molecule has 1 aromatic carbocycles. The molecule has 0 atom stereocenters. The largest absolute Gasteiger partial charge is 0.421 e. The van der Waals surface area contributed by atoms with Crippen LogP contribution < -0.4 is 10.9 Å². The van der Waals surface area contributed by atoms with E-state index in [0.29, 0.717) is 24.2 Å². The molecule has 2 aromatic heterocycles. The summed E-state index contributed by atoms with van der Waals surface area (Å²) in [5.74, 6) is 0.992. The normalized spacial score (nSPS) is 10.5. The molecule has 128 valence electrons. The molecule has 0 spiro atoms. The fourth-order valence-corrected chi connectivity index (χ4v) is 2.24. The summed E-state index contributed by atoms with van der Waals surface area (Å²) in [4.78, 5) is 20.3. The highest BCUT2D eigenvalue weighted by molar-refractivity contribution is 5.77. The third-order valence-corrected chi connectivity index (χ3v) is 3.35. The third-order valence-electron chi connectivity index (χ3n) is 3.35. The van der Waals surface area contributed by atoms with Crippen LogP contribution in [0.25, 0.3) is 11.5 Å². The molecule has 0 saturated heterocycles. The van der Waals surface area contributed by atoms with Gasteiger partial charge in [-0.3, -0.25) is 15.6 Å². The standard InChI is InChI=1S/C17H18N6O2/c1-11-10-12(2)19-17(18-11)23-20-14(24)8-9-15-21-22-16(25-15)13-6-4-3-5-7-13/h3-7,10H,8-9H2,1-2H3,(H,20,24)(H,18,19,23). The van der Waals surface area contributed by atoms with E-state index in [1.54, 1.807) is 0 Å². The van der Waals surface area contributed by atoms with Crippen LogP contribution in [0.1, 0.15) is 23.7 Å². The minimum absolute atomic E-state index is 0.203. The van der Waals surface area contributed by atoms with Crippen LogP contribution in [-0.4, -0.2) is 26.1 Å². The molecule has 25 heavy (non-hydrogen) atoms. The predicted octanol–water partition coefficient (Wildman–Crippen LogP) is 2.22. The highest BCUT2D eigenvalue weighted by Crippen LogP contribution is 2.17. The van der Waals surface area contributed by atoms with Gasteiger partial charge in [0.25, 0.3) is 0 Å². The number of hydrogen-bond acceptors (Lipinski definition) is 7. The van der Waals surface area contributed by atoms with E-state index in [4.69, 9.17) is 4.42 Å². The molecular formula is C17H18N6O2. The number of carbonyl (C=O) groups excluding carboxylic acids is 1. The van der Waals surface area contributed by atoms with Crippen molar-refractivity contribution in [3.8, 4) is 11.5 Å². The highest BCUT2D eigenvalue weighted by atomic mass is 16.4. The summed E-state index contributed by atoms with van der Waals surface area (Å²) in [6, 6.07) is 11.3. The van der Waals surface area contributed by atoms with E-state index in [9.17, 15) is 4.79 Å². The molecule has 0 saturated carbocycles. The number of aromatic nitrogens is 4. The van der Waals surface area contributed by atoms with Gasteiger partial charge in [-0.1, -0.05) is 18.2 Å². The van der Waals surface area contributed by atoms with Gasteiger partial charge in [-0.2, -0.15) is 0 Å². The van der Waals surface area contributed by atoms with Gasteiger partial charge in [0.05, 0.1) is 0 Å². The number of hydrazine groups is 1. The maximum Gasteiger partial charge on any atom is 0.247 e. The zero-order valence-electron chi connectivity index (χ0n) is 14.0. The Hall–Kier alpha value is -3.29. The van der Waals surface area contributed by atoms with Gasteiger partial charge in [-0.15, -0.1) is 10.2 Å². The Morgan fingerprint density at radius 3 is 2.52 bits per heavy atom. The Kier molecular flexibility index (Phi) is 4.98. The van der Waals surface area contributed by atoms with Crippen molar-refractivity contribution in [3.05, 3.63) is 53.7 Å². The van der Waals surface area contributed by atoms with E-state index in [2.05, 4.69) is 31.0 Å². The fourth-order valence-electron chi connectivity index (χ4n) is 2.24. The number of benzene rings is 1. The Labute approximate surface area is 144 Å². The maximum absolute atomic E-state index is 11.9. The lowest BCUT2D eigenvalue weighted by atomic mass is 10.2. The minimum Gasteiger partial charge on any atom is -0.421 e. The van der Waals surface area contributed by atoms with Gasteiger partial charge in [0, 0.05) is 29.8 Å². The zero-order chi connectivity index (χ0) is 17.6. The Morgan fingerprint density at radius 2 is 1.80 bits per heavy atom. The first-order chi connectivity index (χ1) is 12.1. The molecular weight excluding hydrogens is 320 g/mol. The van der Waals surface area contributed by atoms with Gasteiger partial charge in [-0.05, 0) is 32.0 Å². The molecule has 1 amide bonds. The van der Waals surface area contributed by atoms with Crippen molar-refractivity contribution in [1.29, 1.82) is 0 Å². The lowest BCUT2D eigenvalue weighted by Crippen LogP contribution is -2.30. The second-order valence-corrected chi connectivity index (χ2v) is 5.51. The third kappa shape index (κ3) is 4.60. The van der Waals surface area contributed by atoms with Gasteiger partial charge >= 0.3 is 0 Å². The van der Waals surface area contributed by atoms with Crippen LogP contribution in [0.3, 0.4) is 0 Å². The van der Waals surface area contributed by atoms with Crippen molar-refractivity contribution in [1.82, 2.24) is 25.6 Å². The average molecular weight is 338 g/mol. The molecule has 8 heteroatoms. The van der Waals surface area contributed by atoms with Crippen LogP contribution >= 0.6 is 0 Å². The van der Waals surface area contributed by atoms with Crippen LogP contribution in [0.2, 0.25) is 0 Å². The number of anilines is 1. The van der Waals surface area contributed by atoms with E-state index in [-0.39, 0.29) is 12.3 Å². The molecule has 2 N–H and O–H groups in total. The number of rotatable bonds is 6. The van der Waals surface area contributed by atoms with Crippen LogP contribution in [0.15, 0.2) is 40.8 Å². The summed E-state index contributed by atoms with van der Waals surface area (Å²) >= 11 is 0. The van der Waals surface area contributed by atoms with E-state index >= 15 is 0 Å². The van der Waals surface area contributed by atoms with Crippen molar-refractivity contribution >= 4 is 11.9 Å². The van der Waals surface area contributed by atoms with Gasteiger partial charge in [-0.25, -0.2) is 9.97 Å². The average Bonchev–Trinajstić information content (AvgIpc) is 3.07. The van der Waals surface area contributed by atoms with Crippen molar-refractivity contribution in [2.24, 2.45) is 0 Å². The lowest BCUT2D eigenvalue weighted by Gasteiger charge is -2.07. The second kappa shape index (κ2) is 7.52. The molecule has 3 aromatic rings. The first-order valence-corrected chi connectivity index (χ1v) is 7.85. The second-order valence-electron chi connectivity index (χ2n) is 5.51.